The molecule has 0 saturated heterocycles. The molecule has 1 aromatic carbocycles. The number of benzene rings is 1. The molecule has 1 aromatic rings. The Balaban J connectivity index is 2.89. The number of hydrogen-bond acceptors (Lipinski definition) is 1. The molecule has 0 aromatic heterocycles. The first kappa shape index (κ1) is 13.5. The van der Waals surface area contributed by atoms with Crippen LogP contribution in [0.2, 0.25) is 0 Å². The Morgan fingerprint density at radius 2 is 2.13 bits per heavy atom. The topological polar surface area (TPSA) is 20.2 Å². The summed E-state index contributed by atoms with van der Waals surface area (Å²) >= 11 is 5.76. The predicted octanol–water partition coefficient (Wildman–Crippen LogP) is 4.52. The third-order valence-corrected chi connectivity index (χ3v) is 3.95. The summed E-state index contributed by atoms with van der Waals surface area (Å²) < 4.78 is 2.16. The normalized spacial score (nSPS) is 15.0. The second-order valence-corrected chi connectivity index (χ2v) is 5.98. The molecule has 0 saturated carbocycles. The second kappa shape index (κ2) is 6.21. The first-order chi connectivity index (χ1) is 7.06. The van der Waals surface area contributed by atoms with Crippen molar-refractivity contribution in [1.29, 1.82) is 0 Å². The average molecular weight is 383 g/mol. The molecule has 0 bridgehead atoms. The molecule has 84 valence electrons. The molecule has 15 heavy (non-hydrogen) atoms. The van der Waals surface area contributed by atoms with Gasteiger partial charge in [0.05, 0.1) is 6.10 Å². The summed E-state index contributed by atoms with van der Waals surface area (Å²) in [6.45, 7) is 4.24. The summed E-state index contributed by atoms with van der Waals surface area (Å²) in [5, 5.41) is 10.2. The summed E-state index contributed by atoms with van der Waals surface area (Å²) in [5.74, 6) is 0.310. The smallest absolute Gasteiger partial charge is 0.0826 e. The van der Waals surface area contributed by atoms with Gasteiger partial charge in [0.2, 0.25) is 0 Å². The molecule has 2 unspecified atom stereocenters. The van der Waals surface area contributed by atoms with Crippen molar-refractivity contribution in [3.8, 4) is 0 Å². The molecule has 3 heteroatoms. The summed E-state index contributed by atoms with van der Waals surface area (Å²) in [6.07, 6.45) is 1.80. The lowest BCUT2D eigenvalue weighted by Gasteiger charge is -2.20. The second-order valence-electron chi connectivity index (χ2n) is 3.88. The van der Waals surface area contributed by atoms with Crippen molar-refractivity contribution >= 4 is 38.5 Å². The van der Waals surface area contributed by atoms with E-state index in [0.29, 0.717) is 5.92 Å². The molecule has 1 rings (SSSR count). The maximum Gasteiger partial charge on any atom is 0.0826 e. The van der Waals surface area contributed by atoms with Gasteiger partial charge in [0.15, 0.2) is 0 Å². The van der Waals surface area contributed by atoms with Gasteiger partial charge >= 0.3 is 0 Å². The maximum atomic E-state index is 10.2. The molecule has 0 heterocycles. The van der Waals surface area contributed by atoms with Gasteiger partial charge in [-0.2, -0.15) is 0 Å². The van der Waals surface area contributed by atoms with Crippen molar-refractivity contribution in [2.75, 3.05) is 0 Å². The predicted molar refractivity (Wildman–Crippen MR) is 75.9 cm³/mol. The SMILES string of the molecule is CCCC(C)C(O)c1cc(I)ccc1Br. The lowest BCUT2D eigenvalue weighted by Crippen LogP contribution is -2.09. The minimum absolute atomic E-state index is 0.310. The number of aliphatic hydroxyl groups excluding tert-OH is 1. The standard InChI is InChI=1S/C12H16BrIO/c1-3-4-8(2)12(15)10-7-9(14)5-6-11(10)13/h5-8,12,15H,3-4H2,1-2H3. The molecule has 0 aliphatic heterocycles. The van der Waals surface area contributed by atoms with E-state index in [9.17, 15) is 5.11 Å². The highest BCUT2D eigenvalue weighted by Crippen LogP contribution is 2.31. The Hall–Kier alpha value is 0.390. The number of aliphatic hydroxyl groups is 1. The molecule has 1 N–H and O–H groups in total. The van der Waals surface area contributed by atoms with Gasteiger partial charge in [-0.1, -0.05) is 36.2 Å². The minimum Gasteiger partial charge on any atom is -0.388 e. The number of rotatable bonds is 4. The van der Waals surface area contributed by atoms with E-state index in [0.717, 1.165) is 26.4 Å². The van der Waals surface area contributed by atoms with Crippen LogP contribution in [0.5, 0.6) is 0 Å². The van der Waals surface area contributed by atoms with Gasteiger partial charge in [0, 0.05) is 8.04 Å². The van der Waals surface area contributed by atoms with E-state index in [-0.39, 0.29) is 6.10 Å². The van der Waals surface area contributed by atoms with Crippen LogP contribution in [0.3, 0.4) is 0 Å². The molecule has 0 radical (unpaired) electrons. The fraction of sp³-hybridized carbons (Fsp3) is 0.500. The fourth-order valence-corrected chi connectivity index (χ4v) is 2.66. The van der Waals surface area contributed by atoms with Gasteiger partial charge in [0.1, 0.15) is 0 Å². The van der Waals surface area contributed by atoms with E-state index in [1.54, 1.807) is 0 Å². The molecular formula is C12H16BrIO. The van der Waals surface area contributed by atoms with Crippen LogP contribution in [0.25, 0.3) is 0 Å². The van der Waals surface area contributed by atoms with Crippen LogP contribution < -0.4 is 0 Å². The van der Waals surface area contributed by atoms with Crippen molar-refractivity contribution in [1.82, 2.24) is 0 Å². The molecule has 0 amide bonds. The van der Waals surface area contributed by atoms with Crippen molar-refractivity contribution in [2.45, 2.75) is 32.8 Å². The largest absolute Gasteiger partial charge is 0.388 e. The lowest BCUT2D eigenvalue weighted by molar-refractivity contribution is 0.111. The van der Waals surface area contributed by atoms with Gasteiger partial charge < -0.3 is 5.11 Å². The highest BCUT2D eigenvalue weighted by molar-refractivity contribution is 14.1. The monoisotopic (exact) mass is 382 g/mol. The van der Waals surface area contributed by atoms with Crippen molar-refractivity contribution in [3.63, 3.8) is 0 Å². The van der Waals surface area contributed by atoms with Crippen LogP contribution in [0.1, 0.15) is 38.4 Å². The lowest BCUT2D eigenvalue weighted by atomic mass is 9.94. The van der Waals surface area contributed by atoms with Gasteiger partial charge in [-0.25, -0.2) is 0 Å². The van der Waals surface area contributed by atoms with Crippen LogP contribution in [-0.4, -0.2) is 5.11 Å². The zero-order valence-electron chi connectivity index (χ0n) is 9.00. The molecule has 1 nitrogen and oxygen atoms in total. The highest BCUT2D eigenvalue weighted by Gasteiger charge is 2.18. The number of hydrogen-bond donors (Lipinski definition) is 1. The van der Waals surface area contributed by atoms with E-state index < -0.39 is 0 Å². The summed E-state index contributed by atoms with van der Waals surface area (Å²) in [7, 11) is 0. The highest BCUT2D eigenvalue weighted by atomic mass is 127. The van der Waals surface area contributed by atoms with Crippen molar-refractivity contribution in [3.05, 3.63) is 31.8 Å². The molecular weight excluding hydrogens is 367 g/mol. The zero-order chi connectivity index (χ0) is 11.4. The van der Waals surface area contributed by atoms with Gasteiger partial charge in [0.25, 0.3) is 0 Å². The molecule has 0 aliphatic carbocycles. The van der Waals surface area contributed by atoms with Gasteiger partial charge in [-0.05, 0) is 58.7 Å². The van der Waals surface area contributed by atoms with Crippen molar-refractivity contribution < 1.29 is 5.11 Å². The third kappa shape index (κ3) is 3.71. The minimum atomic E-state index is -0.367. The zero-order valence-corrected chi connectivity index (χ0v) is 12.7. The number of halogens is 2. The molecule has 2 atom stereocenters. The summed E-state index contributed by atoms with van der Waals surface area (Å²) in [6, 6.07) is 6.08. The van der Waals surface area contributed by atoms with E-state index in [4.69, 9.17) is 0 Å². The van der Waals surface area contributed by atoms with E-state index in [1.807, 2.05) is 18.2 Å². The van der Waals surface area contributed by atoms with E-state index in [2.05, 4.69) is 52.4 Å². The Kier molecular flexibility index (Phi) is 5.57. The molecule has 0 fully saturated rings. The Bertz CT molecular complexity index is 327. The van der Waals surface area contributed by atoms with Gasteiger partial charge in [-0.15, -0.1) is 0 Å². The van der Waals surface area contributed by atoms with E-state index in [1.165, 1.54) is 0 Å². The fourth-order valence-electron chi connectivity index (χ4n) is 1.66. The van der Waals surface area contributed by atoms with E-state index >= 15 is 0 Å². The first-order valence-corrected chi connectivity index (χ1v) is 7.06. The molecule has 0 spiro atoms. The maximum absolute atomic E-state index is 10.2. The Morgan fingerprint density at radius 1 is 1.47 bits per heavy atom. The average Bonchev–Trinajstić information content (AvgIpc) is 2.21. The van der Waals surface area contributed by atoms with Crippen LogP contribution >= 0.6 is 38.5 Å². The quantitative estimate of drug-likeness (QED) is 0.759. The summed E-state index contributed by atoms with van der Waals surface area (Å²) in [5.41, 5.74) is 1.00. The summed E-state index contributed by atoms with van der Waals surface area (Å²) in [4.78, 5) is 0. The van der Waals surface area contributed by atoms with Gasteiger partial charge in [-0.3, -0.25) is 0 Å². The van der Waals surface area contributed by atoms with Crippen LogP contribution in [0.15, 0.2) is 22.7 Å². The Morgan fingerprint density at radius 3 is 2.73 bits per heavy atom. The Labute approximate surface area is 114 Å². The van der Waals surface area contributed by atoms with Crippen LogP contribution in [0.4, 0.5) is 0 Å². The van der Waals surface area contributed by atoms with Crippen LogP contribution in [-0.2, 0) is 0 Å². The molecule has 0 aliphatic rings. The first-order valence-electron chi connectivity index (χ1n) is 5.19. The van der Waals surface area contributed by atoms with Crippen LogP contribution in [0, 0.1) is 9.49 Å². The van der Waals surface area contributed by atoms with Crippen molar-refractivity contribution in [2.24, 2.45) is 5.92 Å². The third-order valence-electron chi connectivity index (χ3n) is 2.56.